The summed E-state index contributed by atoms with van der Waals surface area (Å²) in [5, 5.41) is 0. The fourth-order valence-corrected chi connectivity index (χ4v) is 4.10. The normalized spacial score (nSPS) is 16.0. The molecule has 0 bridgehead atoms. The Labute approximate surface area is 179 Å². The first-order valence-corrected chi connectivity index (χ1v) is 10.5. The SMILES string of the molecule is Cc1ccc(C(C2=C(c3ccccc3)OC(=O)C(C)(C)C2)c2ccc(C)cc2)cc1. The maximum atomic E-state index is 12.8. The molecule has 0 fully saturated rings. The number of hydrogen-bond donors (Lipinski definition) is 0. The molecule has 0 N–H and O–H groups in total. The predicted molar refractivity (Wildman–Crippen MR) is 122 cm³/mol. The van der Waals surface area contributed by atoms with Gasteiger partial charge >= 0.3 is 5.97 Å². The molecule has 1 aliphatic rings. The highest BCUT2D eigenvalue weighted by atomic mass is 16.5. The monoisotopic (exact) mass is 396 g/mol. The van der Waals surface area contributed by atoms with Gasteiger partial charge in [-0.15, -0.1) is 0 Å². The Morgan fingerprint density at radius 3 is 1.77 bits per heavy atom. The molecule has 3 aromatic rings. The summed E-state index contributed by atoms with van der Waals surface area (Å²) in [6, 6.07) is 27.4. The minimum Gasteiger partial charge on any atom is -0.425 e. The largest absolute Gasteiger partial charge is 0.425 e. The lowest BCUT2D eigenvalue weighted by atomic mass is 9.74. The maximum Gasteiger partial charge on any atom is 0.317 e. The summed E-state index contributed by atoms with van der Waals surface area (Å²) in [7, 11) is 0. The van der Waals surface area contributed by atoms with Gasteiger partial charge in [-0.2, -0.15) is 0 Å². The van der Waals surface area contributed by atoms with Crippen molar-refractivity contribution in [1.82, 2.24) is 0 Å². The molecule has 152 valence electrons. The molecule has 0 aliphatic carbocycles. The van der Waals surface area contributed by atoms with E-state index in [2.05, 4.69) is 62.4 Å². The van der Waals surface area contributed by atoms with Crippen molar-refractivity contribution in [1.29, 1.82) is 0 Å². The third kappa shape index (κ3) is 3.95. The van der Waals surface area contributed by atoms with E-state index in [1.54, 1.807) is 0 Å². The van der Waals surface area contributed by atoms with Crippen LogP contribution in [0.1, 0.15) is 54.0 Å². The Kier molecular flexibility index (Phi) is 5.34. The van der Waals surface area contributed by atoms with Crippen molar-refractivity contribution in [3.63, 3.8) is 0 Å². The molecule has 0 atom stereocenters. The molecular weight excluding hydrogens is 368 g/mol. The van der Waals surface area contributed by atoms with Crippen LogP contribution in [0.5, 0.6) is 0 Å². The summed E-state index contributed by atoms with van der Waals surface area (Å²) in [5.41, 5.74) is 6.41. The molecule has 0 saturated carbocycles. The van der Waals surface area contributed by atoms with Gasteiger partial charge in [0.1, 0.15) is 5.76 Å². The molecule has 2 nitrogen and oxygen atoms in total. The quantitative estimate of drug-likeness (QED) is 0.452. The molecule has 0 unspecified atom stereocenters. The van der Waals surface area contributed by atoms with Gasteiger partial charge in [0.25, 0.3) is 0 Å². The zero-order valence-corrected chi connectivity index (χ0v) is 18.1. The summed E-state index contributed by atoms with van der Waals surface area (Å²) < 4.78 is 6.01. The standard InChI is InChI=1S/C28H28O2/c1-19-10-14-21(15-11-19)25(22-16-12-20(2)13-17-22)24-18-28(3,4)27(29)30-26(24)23-8-6-5-7-9-23/h5-17,25H,18H2,1-4H3. The molecule has 30 heavy (non-hydrogen) atoms. The second kappa shape index (κ2) is 7.95. The first-order chi connectivity index (χ1) is 14.3. The van der Waals surface area contributed by atoms with Crippen molar-refractivity contribution >= 4 is 11.7 Å². The highest BCUT2D eigenvalue weighted by Crippen LogP contribution is 2.46. The van der Waals surface area contributed by atoms with E-state index in [9.17, 15) is 4.79 Å². The summed E-state index contributed by atoms with van der Waals surface area (Å²) in [6.07, 6.45) is 0.655. The van der Waals surface area contributed by atoms with Crippen LogP contribution in [0.3, 0.4) is 0 Å². The summed E-state index contributed by atoms with van der Waals surface area (Å²) in [6.45, 7) is 8.15. The van der Waals surface area contributed by atoms with Crippen molar-refractivity contribution in [2.75, 3.05) is 0 Å². The van der Waals surface area contributed by atoms with Crippen LogP contribution in [0.4, 0.5) is 0 Å². The van der Waals surface area contributed by atoms with E-state index in [4.69, 9.17) is 4.74 Å². The van der Waals surface area contributed by atoms with Gasteiger partial charge < -0.3 is 4.74 Å². The Bertz CT molecular complexity index is 1030. The van der Waals surface area contributed by atoms with Crippen LogP contribution in [0.25, 0.3) is 5.76 Å². The van der Waals surface area contributed by atoms with Gasteiger partial charge in [-0.1, -0.05) is 90.0 Å². The molecule has 0 amide bonds. The molecule has 1 heterocycles. The van der Waals surface area contributed by atoms with Gasteiger partial charge in [-0.05, 0) is 50.8 Å². The van der Waals surface area contributed by atoms with E-state index in [0.29, 0.717) is 12.2 Å². The molecule has 0 radical (unpaired) electrons. The van der Waals surface area contributed by atoms with E-state index >= 15 is 0 Å². The lowest BCUT2D eigenvalue weighted by Gasteiger charge is -2.35. The number of esters is 1. The van der Waals surface area contributed by atoms with Gasteiger partial charge in [0, 0.05) is 11.5 Å². The Morgan fingerprint density at radius 1 is 0.767 bits per heavy atom. The first kappa shape index (κ1) is 20.2. The van der Waals surface area contributed by atoms with Crippen molar-refractivity contribution in [3.8, 4) is 0 Å². The molecule has 2 heteroatoms. The maximum absolute atomic E-state index is 12.8. The Hall–Kier alpha value is -3.13. The molecule has 1 aliphatic heterocycles. The highest BCUT2D eigenvalue weighted by molar-refractivity contribution is 5.87. The topological polar surface area (TPSA) is 26.3 Å². The van der Waals surface area contributed by atoms with Gasteiger partial charge in [0.2, 0.25) is 0 Å². The fraction of sp³-hybridized carbons (Fsp3) is 0.250. The van der Waals surface area contributed by atoms with Gasteiger partial charge in [-0.25, -0.2) is 0 Å². The van der Waals surface area contributed by atoms with Crippen molar-refractivity contribution < 1.29 is 9.53 Å². The van der Waals surface area contributed by atoms with E-state index in [-0.39, 0.29) is 11.9 Å². The van der Waals surface area contributed by atoms with Crippen LogP contribution in [-0.4, -0.2) is 5.97 Å². The van der Waals surface area contributed by atoms with E-state index in [0.717, 1.165) is 11.1 Å². The lowest BCUT2D eigenvalue weighted by Crippen LogP contribution is -2.33. The Balaban J connectivity index is 1.96. The average molecular weight is 397 g/mol. The molecule has 0 spiro atoms. The number of benzene rings is 3. The lowest BCUT2D eigenvalue weighted by molar-refractivity contribution is -0.147. The third-order valence-electron chi connectivity index (χ3n) is 5.88. The van der Waals surface area contributed by atoms with Crippen LogP contribution in [-0.2, 0) is 9.53 Å². The molecule has 4 rings (SSSR count). The van der Waals surface area contributed by atoms with Crippen LogP contribution < -0.4 is 0 Å². The molecular formula is C28H28O2. The molecule has 3 aromatic carbocycles. The number of carbonyl (C=O) groups excluding carboxylic acids is 1. The smallest absolute Gasteiger partial charge is 0.317 e. The molecule has 0 aromatic heterocycles. The van der Waals surface area contributed by atoms with Crippen molar-refractivity contribution in [2.45, 2.75) is 40.0 Å². The summed E-state index contributed by atoms with van der Waals surface area (Å²) >= 11 is 0. The first-order valence-electron chi connectivity index (χ1n) is 10.5. The Morgan fingerprint density at radius 2 is 1.27 bits per heavy atom. The average Bonchev–Trinajstić information content (AvgIpc) is 2.74. The minimum absolute atomic E-state index is 0.0220. The van der Waals surface area contributed by atoms with Crippen LogP contribution >= 0.6 is 0 Å². The van der Waals surface area contributed by atoms with E-state index in [1.165, 1.54) is 22.3 Å². The summed E-state index contributed by atoms with van der Waals surface area (Å²) in [4.78, 5) is 12.8. The zero-order valence-electron chi connectivity index (χ0n) is 18.1. The van der Waals surface area contributed by atoms with Gasteiger partial charge in [-0.3, -0.25) is 4.79 Å². The van der Waals surface area contributed by atoms with Gasteiger partial charge in [0.05, 0.1) is 5.41 Å². The van der Waals surface area contributed by atoms with Crippen molar-refractivity contribution in [2.24, 2.45) is 5.41 Å². The number of cyclic esters (lactones) is 1. The number of rotatable bonds is 4. The highest BCUT2D eigenvalue weighted by Gasteiger charge is 2.40. The number of carbonyl (C=O) groups is 1. The van der Waals surface area contributed by atoms with Crippen LogP contribution in [0.2, 0.25) is 0 Å². The van der Waals surface area contributed by atoms with Crippen LogP contribution in [0.15, 0.2) is 84.4 Å². The van der Waals surface area contributed by atoms with Crippen molar-refractivity contribution in [3.05, 3.63) is 112 Å². The van der Waals surface area contributed by atoms with E-state index in [1.807, 2.05) is 44.2 Å². The predicted octanol–water partition coefficient (Wildman–Crippen LogP) is 6.82. The van der Waals surface area contributed by atoms with E-state index < -0.39 is 5.41 Å². The number of ether oxygens (including phenoxy) is 1. The number of hydrogen-bond acceptors (Lipinski definition) is 2. The van der Waals surface area contributed by atoms with Gasteiger partial charge in [0.15, 0.2) is 0 Å². The summed E-state index contributed by atoms with van der Waals surface area (Å²) in [5.74, 6) is 0.552. The molecule has 0 saturated heterocycles. The fourth-order valence-electron chi connectivity index (χ4n) is 4.10. The minimum atomic E-state index is -0.568. The number of allylic oxidation sites excluding steroid dienone is 1. The third-order valence-corrected chi connectivity index (χ3v) is 5.88. The number of aryl methyl sites for hydroxylation is 2. The van der Waals surface area contributed by atoms with Crippen LogP contribution in [0, 0.1) is 19.3 Å². The zero-order chi connectivity index (χ0) is 21.3. The second-order valence-corrected chi connectivity index (χ2v) is 8.92. The second-order valence-electron chi connectivity index (χ2n) is 8.92.